The minimum Gasteiger partial charge on any atom is -0.404 e. The average Bonchev–Trinajstić information content (AvgIpc) is 1.91. The highest BCUT2D eigenvalue weighted by Crippen LogP contribution is 1.82. The lowest BCUT2D eigenvalue weighted by Gasteiger charge is -1.90. The lowest BCUT2D eigenvalue weighted by molar-refractivity contribution is 0.337. The number of hydrogen-bond donors (Lipinski definition) is 2. The molecule has 0 bridgehead atoms. The zero-order valence-corrected chi connectivity index (χ0v) is 5.54. The molecule has 0 saturated carbocycles. The van der Waals surface area contributed by atoms with Gasteiger partial charge in [-0.25, -0.2) is 0 Å². The Hall–Kier alpha value is -0.830. The largest absolute Gasteiger partial charge is 0.404 e. The van der Waals surface area contributed by atoms with Crippen molar-refractivity contribution in [1.82, 2.24) is 0 Å². The highest BCUT2D eigenvalue weighted by Gasteiger charge is 1.84. The lowest BCUT2D eigenvalue weighted by Crippen LogP contribution is -1.95. The third-order valence-corrected chi connectivity index (χ3v) is 0.836. The second-order valence-electron chi connectivity index (χ2n) is 1.53. The van der Waals surface area contributed by atoms with E-state index < -0.39 is 0 Å². The van der Waals surface area contributed by atoms with Gasteiger partial charge in [0.25, 0.3) is 0 Å². The first-order valence-corrected chi connectivity index (χ1v) is 2.86. The number of aliphatic hydroxyl groups excluding tert-OH is 1. The zero-order chi connectivity index (χ0) is 7.11. The van der Waals surface area contributed by atoms with Crippen LogP contribution in [0.25, 0.3) is 0 Å². The number of aliphatic hydroxyl groups is 1. The predicted octanol–water partition coefficient (Wildman–Crippen LogP) is -0.0880. The molecular weight excluding hydrogens is 116 g/mol. The standard InChI is InChI=1S/C6H12N2O/c1-2-8-4-6(3-7)5-9/h3-4,9H,2,5,7H2,1H3. The summed E-state index contributed by atoms with van der Waals surface area (Å²) in [6, 6.07) is 0. The molecular formula is C6H12N2O. The van der Waals surface area contributed by atoms with Gasteiger partial charge in [-0.2, -0.15) is 0 Å². The van der Waals surface area contributed by atoms with E-state index in [0.717, 1.165) is 6.54 Å². The minimum atomic E-state index is -0.0417. The molecule has 0 heterocycles. The van der Waals surface area contributed by atoms with Crippen LogP contribution in [0.2, 0.25) is 0 Å². The molecule has 3 nitrogen and oxygen atoms in total. The molecule has 0 rings (SSSR count). The monoisotopic (exact) mass is 128 g/mol. The Morgan fingerprint density at radius 2 is 2.44 bits per heavy atom. The summed E-state index contributed by atoms with van der Waals surface area (Å²) in [7, 11) is 0. The molecule has 0 spiro atoms. The van der Waals surface area contributed by atoms with Crippen molar-refractivity contribution in [3.05, 3.63) is 11.8 Å². The van der Waals surface area contributed by atoms with Crippen LogP contribution in [-0.2, 0) is 0 Å². The molecule has 0 unspecified atom stereocenters. The summed E-state index contributed by atoms with van der Waals surface area (Å²) in [5, 5.41) is 8.51. The molecule has 0 amide bonds. The summed E-state index contributed by atoms with van der Waals surface area (Å²) in [5.41, 5.74) is 5.76. The second-order valence-corrected chi connectivity index (χ2v) is 1.53. The van der Waals surface area contributed by atoms with Crippen molar-refractivity contribution in [2.75, 3.05) is 13.2 Å². The number of nitrogens with zero attached hydrogens (tertiary/aromatic N) is 1. The molecule has 0 saturated heterocycles. The van der Waals surface area contributed by atoms with Gasteiger partial charge in [-0.15, -0.1) is 0 Å². The van der Waals surface area contributed by atoms with Crippen molar-refractivity contribution < 1.29 is 5.11 Å². The predicted molar refractivity (Wildman–Crippen MR) is 38.4 cm³/mol. The Labute approximate surface area is 54.9 Å². The summed E-state index contributed by atoms with van der Waals surface area (Å²) in [6.45, 7) is 2.60. The van der Waals surface area contributed by atoms with Gasteiger partial charge in [0, 0.05) is 24.5 Å². The molecule has 0 aliphatic heterocycles. The first kappa shape index (κ1) is 8.17. The van der Waals surface area contributed by atoms with Crippen LogP contribution in [0.4, 0.5) is 0 Å². The zero-order valence-electron chi connectivity index (χ0n) is 5.54. The van der Waals surface area contributed by atoms with Crippen LogP contribution in [0.3, 0.4) is 0 Å². The van der Waals surface area contributed by atoms with Crippen LogP contribution in [0.15, 0.2) is 16.8 Å². The van der Waals surface area contributed by atoms with E-state index in [9.17, 15) is 0 Å². The molecule has 52 valence electrons. The Balaban J connectivity index is 3.70. The fourth-order valence-electron chi connectivity index (χ4n) is 0.345. The van der Waals surface area contributed by atoms with Crippen molar-refractivity contribution in [2.24, 2.45) is 10.7 Å². The number of hydrogen-bond acceptors (Lipinski definition) is 3. The molecule has 3 heteroatoms. The quantitative estimate of drug-likeness (QED) is 0.522. The van der Waals surface area contributed by atoms with Crippen LogP contribution < -0.4 is 5.73 Å². The van der Waals surface area contributed by atoms with Crippen molar-refractivity contribution in [3.8, 4) is 0 Å². The first-order chi connectivity index (χ1) is 4.35. The van der Waals surface area contributed by atoms with Gasteiger partial charge in [0.1, 0.15) is 0 Å². The SMILES string of the molecule is CCN=CC(=CN)CO. The van der Waals surface area contributed by atoms with Crippen molar-refractivity contribution in [3.63, 3.8) is 0 Å². The van der Waals surface area contributed by atoms with E-state index in [-0.39, 0.29) is 6.61 Å². The van der Waals surface area contributed by atoms with Gasteiger partial charge in [-0.3, -0.25) is 4.99 Å². The van der Waals surface area contributed by atoms with Crippen molar-refractivity contribution in [1.29, 1.82) is 0 Å². The molecule has 0 aromatic heterocycles. The summed E-state index contributed by atoms with van der Waals surface area (Å²) in [4.78, 5) is 3.88. The Morgan fingerprint density at radius 1 is 1.78 bits per heavy atom. The Bertz CT molecular complexity index is 118. The Morgan fingerprint density at radius 3 is 2.78 bits per heavy atom. The molecule has 0 aromatic carbocycles. The van der Waals surface area contributed by atoms with E-state index >= 15 is 0 Å². The van der Waals surface area contributed by atoms with E-state index in [1.807, 2.05) is 6.92 Å². The van der Waals surface area contributed by atoms with Crippen LogP contribution in [0, 0.1) is 0 Å². The average molecular weight is 128 g/mol. The third-order valence-electron chi connectivity index (χ3n) is 0.836. The van der Waals surface area contributed by atoms with E-state index in [0.29, 0.717) is 5.57 Å². The van der Waals surface area contributed by atoms with Gasteiger partial charge >= 0.3 is 0 Å². The third kappa shape index (κ3) is 3.73. The van der Waals surface area contributed by atoms with Gasteiger partial charge in [0.15, 0.2) is 0 Å². The summed E-state index contributed by atoms with van der Waals surface area (Å²) < 4.78 is 0. The highest BCUT2D eigenvalue weighted by atomic mass is 16.3. The minimum absolute atomic E-state index is 0.0417. The number of aliphatic imine (C=N–C) groups is 1. The van der Waals surface area contributed by atoms with Crippen molar-refractivity contribution in [2.45, 2.75) is 6.92 Å². The molecule has 9 heavy (non-hydrogen) atoms. The van der Waals surface area contributed by atoms with Crippen LogP contribution in [-0.4, -0.2) is 24.5 Å². The number of nitrogens with two attached hydrogens (primary N) is 1. The normalized spacial score (nSPS) is 12.9. The maximum Gasteiger partial charge on any atom is 0.0710 e. The van der Waals surface area contributed by atoms with Crippen molar-refractivity contribution >= 4 is 6.21 Å². The highest BCUT2D eigenvalue weighted by molar-refractivity contribution is 5.78. The van der Waals surface area contributed by atoms with Gasteiger partial charge in [0.05, 0.1) is 6.61 Å². The fraction of sp³-hybridized carbons (Fsp3) is 0.500. The van der Waals surface area contributed by atoms with Crippen LogP contribution >= 0.6 is 0 Å². The molecule has 0 aromatic rings. The maximum atomic E-state index is 8.51. The number of rotatable bonds is 3. The maximum absolute atomic E-state index is 8.51. The molecule has 3 N–H and O–H groups in total. The second kappa shape index (κ2) is 5.31. The fourth-order valence-corrected chi connectivity index (χ4v) is 0.345. The summed E-state index contributed by atoms with van der Waals surface area (Å²) in [5.74, 6) is 0. The van der Waals surface area contributed by atoms with E-state index in [1.54, 1.807) is 6.21 Å². The van der Waals surface area contributed by atoms with E-state index in [2.05, 4.69) is 4.99 Å². The van der Waals surface area contributed by atoms with Gasteiger partial charge < -0.3 is 10.8 Å². The van der Waals surface area contributed by atoms with Gasteiger partial charge in [-0.1, -0.05) is 0 Å². The van der Waals surface area contributed by atoms with E-state index in [1.165, 1.54) is 6.20 Å². The van der Waals surface area contributed by atoms with E-state index in [4.69, 9.17) is 10.8 Å². The van der Waals surface area contributed by atoms with Gasteiger partial charge in [0.2, 0.25) is 0 Å². The smallest absolute Gasteiger partial charge is 0.0710 e. The molecule has 0 atom stereocenters. The summed E-state index contributed by atoms with van der Waals surface area (Å²) >= 11 is 0. The lowest BCUT2D eigenvalue weighted by atomic mass is 10.3. The topological polar surface area (TPSA) is 58.6 Å². The first-order valence-electron chi connectivity index (χ1n) is 2.86. The van der Waals surface area contributed by atoms with Gasteiger partial charge in [-0.05, 0) is 6.92 Å². The molecule has 0 fully saturated rings. The molecule has 0 radical (unpaired) electrons. The van der Waals surface area contributed by atoms with Crippen LogP contribution in [0.1, 0.15) is 6.92 Å². The molecule has 0 aliphatic rings. The Kier molecular flexibility index (Phi) is 4.82. The summed E-state index contributed by atoms with van der Waals surface area (Å²) in [6.07, 6.45) is 2.92. The molecule has 0 aliphatic carbocycles. The van der Waals surface area contributed by atoms with Crippen LogP contribution in [0.5, 0.6) is 0 Å².